The van der Waals surface area contributed by atoms with E-state index in [9.17, 15) is 23.3 Å². The van der Waals surface area contributed by atoms with Gasteiger partial charge in [-0.15, -0.1) is 0 Å². The van der Waals surface area contributed by atoms with E-state index in [1.807, 2.05) is 4.90 Å². The van der Waals surface area contributed by atoms with Gasteiger partial charge in [-0.25, -0.2) is 8.42 Å². The number of halogens is 1. The zero-order valence-electron chi connectivity index (χ0n) is 16.5. The van der Waals surface area contributed by atoms with Crippen LogP contribution in [-0.4, -0.2) is 56.1 Å². The molecule has 10 heteroatoms. The first-order valence-corrected chi connectivity index (χ1v) is 11.6. The SMILES string of the molecule is CCCS(=O)(=O)c1ccccc1C(=O)N1CCN(c2ccc(Cl)cc2[N+](=O)[O-])CC1. The lowest BCUT2D eigenvalue weighted by Crippen LogP contribution is -2.49. The number of hydrogen-bond acceptors (Lipinski definition) is 6. The van der Waals surface area contributed by atoms with Gasteiger partial charge in [0.15, 0.2) is 9.84 Å². The molecule has 0 atom stereocenters. The molecule has 1 amide bonds. The van der Waals surface area contributed by atoms with Gasteiger partial charge in [0, 0.05) is 37.3 Å². The smallest absolute Gasteiger partial charge is 0.294 e. The molecule has 1 fully saturated rings. The summed E-state index contributed by atoms with van der Waals surface area (Å²) in [5.41, 5.74) is 0.526. The Kier molecular flexibility index (Phi) is 6.62. The third kappa shape index (κ3) is 4.57. The van der Waals surface area contributed by atoms with Crippen LogP contribution in [0.4, 0.5) is 11.4 Å². The van der Waals surface area contributed by atoms with Crippen molar-refractivity contribution in [3.63, 3.8) is 0 Å². The number of hydrogen-bond donors (Lipinski definition) is 0. The highest BCUT2D eigenvalue weighted by Crippen LogP contribution is 2.32. The first-order valence-electron chi connectivity index (χ1n) is 9.54. The van der Waals surface area contributed by atoms with Crippen LogP contribution in [0.3, 0.4) is 0 Å². The van der Waals surface area contributed by atoms with Gasteiger partial charge in [-0.05, 0) is 30.7 Å². The molecule has 0 unspecified atom stereocenters. The number of piperazine rings is 1. The molecule has 2 aromatic rings. The summed E-state index contributed by atoms with van der Waals surface area (Å²) in [7, 11) is -3.54. The Balaban J connectivity index is 1.79. The van der Waals surface area contributed by atoms with E-state index in [1.165, 1.54) is 18.2 Å². The van der Waals surface area contributed by atoms with Crippen molar-refractivity contribution < 1.29 is 18.1 Å². The van der Waals surface area contributed by atoms with Gasteiger partial charge < -0.3 is 9.80 Å². The van der Waals surface area contributed by atoms with Crippen molar-refractivity contribution in [3.8, 4) is 0 Å². The number of anilines is 1. The molecule has 1 saturated heterocycles. The zero-order chi connectivity index (χ0) is 21.9. The standard InChI is InChI=1S/C20H22ClN3O5S/c1-2-13-30(28,29)19-6-4-3-5-16(19)20(25)23-11-9-22(10-12-23)17-8-7-15(21)14-18(17)24(26)27/h3-8,14H,2,9-13H2,1H3. The lowest BCUT2D eigenvalue weighted by Gasteiger charge is -2.36. The highest BCUT2D eigenvalue weighted by molar-refractivity contribution is 7.91. The monoisotopic (exact) mass is 451 g/mol. The third-order valence-corrected chi connectivity index (χ3v) is 7.17. The predicted molar refractivity (Wildman–Crippen MR) is 115 cm³/mol. The van der Waals surface area contributed by atoms with Crippen LogP contribution in [0.5, 0.6) is 0 Å². The molecule has 0 bridgehead atoms. The summed E-state index contributed by atoms with van der Waals surface area (Å²) in [5.74, 6) is -0.374. The molecule has 0 radical (unpaired) electrons. The van der Waals surface area contributed by atoms with Gasteiger partial charge in [0.05, 0.1) is 21.1 Å². The van der Waals surface area contributed by atoms with Crippen molar-refractivity contribution >= 4 is 38.7 Å². The van der Waals surface area contributed by atoms with Crippen LogP contribution in [0.15, 0.2) is 47.4 Å². The molecule has 1 aliphatic rings. The molecular formula is C20H22ClN3O5S. The number of carbonyl (C=O) groups is 1. The molecule has 0 N–H and O–H groups in total. The maximum atomic E-state index is 13.1. The van der Waals surface area contributed by atoms with Gasteiger partial charge in [-0.1, -0.05) is 30.7 Å². The van der Waals surface area contributed by atoms with Crippen LogP contribution in [-0.2, 0) is 9.84 Å². The molecule has 0 aliphatic carbocycles. The van der Waals surface area contributed by atoms with E-state index in [0.717, 1.165) is 0 Å². The lowest BCUT2D eigenvalue weighted by molar-refractivity contribution is -0.384. The fraction of sp³-hybridized carbons (Fsp3) is 0.350. The quantitative estimate of drug-likeness (QED) is 0.492. The van der Waals surface area contributed by atoms with Crippen LogP contribution >= 0.6 is 11.6 Å². The Morgan fingerprint density at radius 2 is 1.80 bits per heavy atom. The van der Waals surface area contributed by atoms with E-state index in [-0.39, 0.29) is 32.8 Å². The van der Waals surface area contributed by atoms with Gasteiger partial charge in [-0.2, -0.15) is 0 Å². The highest BCUT2D eigenvalue weighted by Gasteiger charge is 2.29. The summed E-state index contributed by atoms with van der Waals surface area (Å²) in [6, 6.07) is 10.7. The normalized spacial score (nSPS) is 14.6. The summed E-state index contributed by atoms with van der Waals surface area (Å²) in [4.78, 5) is 27.4. The topological polar surface area (TPSA) is 101 Å². The Bertz CT molecular complexity index is 1070. The molecule has 1 heterocycles. The Labute approximate surface area is 180 Å². The van der Waals surface area contributed by atoms with E-state index in [1.54, 1.807) is 36.1 Å². The summed E-state index contributed by atoms with van der Waals surface area (Å²) in [5, 5.41) is 11.6. The van der Waals surface area contributed by atoms with Crippen LogP contribution in [0, 0.1) is 10.1 Å². The molecule has 8 nitrogen and oxygen atoms in total. The van der Waals surface area contributed by atoms with E-state index < -0.39 is 14.8 Å². The molecule has 0 aromatic heterocycles. The van der Waals surface area contributed by atoms with Crippen molar-refractivity contribution in [2.24, 2.45) is 0 Å². The number of nitrogens with zero attached hydrogens (tertiary/aromatic N) is 3. The van der Waals surface area contributed by atoms with Crippen molar-refractivity contribution in [2.75, 3.05) is 36.8 Å². The van der Waals surface area contributed by atoms with Crippen molar-refractivity contribution in [2.45, 2.75) is 18.2 Å². The Hall–Kier alpha value is -2.65. The molecular weight excluding hydrogens is 430 g/mol. The van der Waals surface area contributed by atoms with Gasteiger partial charge in [0.2, 0.25) is 0 Å². The molecule has 0 saturated carbocycles. The van der Waals surface area contributed by atoms with E-state index in [0.29, 0.717) is 38.3 Å². The van der Waals surface area contributed by atoms with Crippen molar-refractivity contribution in [1.82, 2.24) is 4.90 Å². The summed E-state index contributed by atoms with van der Waals surface area (Å²) < 4.78 is 25.1. The minimum atomic E-state index is -3.54. The summed E-state index contributed by atoms with van der Waals surface area (Å²) >= 11 is 5.88. The predicted octanol–water partition coefficient (Wildman–Crippen LogP) is 3.39. The number of rotatable bonds is 6. The highest BCUT2D eigenvalue weighted by atomic mass is 35.5. The van der Waals surface area contributed by atoms with Gasteiger partial charge in [0.1, 0.15) is 5.69 Å². The van der Waals surface area contributed by atoms with Crippen molar-refractivity contribution in [1.29, 1.82) is 0 Å². The zero-order valence-corrected chi connectivity index (χ0v) is 18.0. The van der Waals surface area contributed by atoms with E-state index in [4.69, 9.17) is 11.6 Å². The first kappa shape index (κ1) is 22.0. The van der Waals surface area contributed by atoms with Crippen LogP contribution < -0.4 is 4.90 Å². The minimum absolute atomic E-state index is 0.0225. The van der Waals surface area contributed by atoms with Crippen LogP contribution in [0.2, 0.25) is 5.02 Å². The van der Waals surface area contributed by atoms with E-state index >= 15 is 0 Å². The van der Waals surface area contributed by atoms with E-state index in [2.05, 4.69) is 0 Å². The number of benzene rings is 2. The van der Waals surface area contributed by atoms with Crippen LogP contribution in [0.25, 0.3) is 0 Å². The number of nitro benzene ring substituents is 1. The molecule has 1 aliphatic heterocycles. The largest absolute Gasteiger partial charge is 0.362 e. The summed E-state index contributed by atoms with van der Waals surface area (Å²) in [6.07, 6.45) is 0.462. The molecule has 2 aromatic carbocycles. The second-order valence-electron chi connectivity index (χ2n) is 6.98. The maximum Gasteiger partial charge on any atom is 0.294 e. The second kappa shape index (κ2) is 9.01. The fourth-order valence-corrected chi connectivity index (χ4v) is 5.22. The number of nitro groups is 1. The average Bonchev–Trinajstić information content (AvgIpc) is 2.73. The molecule has 0 spiro atoms. The van der Waals surface area contributed by atoms with Gasteiger partial charge in [0.25, 0.3) is 11.6 Å². The van der Waals surface area contributed by atoms with Crippen molar-refractivity contribution in [3.05, 3.63) is 63.2 Å². The molecule has 3 rings (SSSR count). The maximum absolute atomic E-state index is 13.1. The average molecular weight is 452 g/mol. The number of carbonyl (C=O) groups excluding carboxylic acids is 1. The fourth-order valence-electron chi connectivity index (χ4n) is 3.52. The minimum Gasteiger partial charge on any atom is -0.362 e. The van der Waals surface area contributed by atoms with Gasteiger partial charge in [-0.3, -0.25) is 14.9 Å². The Morgan fingerprint density at radius 1 is 1.13 bits per heavy atom. The molecule has 30 heavy (non-hydrogen) atoms. The van der Waals surface area contributed by atoms with Crippen LogP contribution in [0.1, 0.15) is 23.7 Å². The third-order valence-electron chi connectivity index (χ3n) is 4.97. The number of amides is 1. The number of sulfone groups is 1. The Morgan fingerprint density at radius 3 is 2.43 bits per heavy atom. The van der Waals surface area contributed by atoms with Gasteiger partial charge >= 0.3 is 0 Å². The molecule has 160 valence electrons. The second-order valence-corrected chi connectivity index (χ2v) is 9.50. The lowest BCUT2D eigenvalue weighted by atomic mass is 10.1. The first-order chi connectivity index (χ1) is 14.2. The summed E-state index contributed by atoms with van der Waals surface area (Å²) in [6.45, 7) is 3.19.